The number of carboxylic acids is 1. The van der Waals surface area contributed by atoms with Gasteiger partial charge < -0.3 is 19.7 Å². The van der Waals surface area contributed by atoms with Gasteiger partial charge in [-0.1, -0.05) is 24.3 Å². The Morgan fingerprint density at radius 3 is 2.52 bits per heavy atom. The molecule has 3 aromatic heterocycles. The average molecular weight is 624 g/mol. The molecule has 8 nitrogen and oxygen atoms in total. The van der Waals surface area contributed by atoms with Crippen molar-refractivity contribution in [2.75, 3.05) is 11.9 Å². The summed E-state index contributed by atoms with van der Waals surface area (Å²) in [7, 11) is 0. The van der Waals surface area contributed by atoms with Crippen LogP contribution in [0.1, 0.15) is 32.9 Å². The van der Waals surface area contributed by atoms with Gasteiger partial charge in [0.05, 0.1) is 22.3 Å². The smallest absolute Gasteiger partial charge is 0.335 e. The van der Waals surface area contributed by atoms with Crippen molar-refractivity contribution in [3.05, 3.63) is 137 Å². The Hall–Kier alpha value is -5.71. The molecule has 0 radical (unpaired) electrons. The van der Waals surface area contributed by atoms with Crippen LogP contribution in [-0.2, 0) is 19.6 Å². The van der Waals surface area contributed by atoms with Crippen molar-refractivity contribution in [1.82, 2.24) is 19.5 Å². The molecule has 6 aromatic rings. The fourth-order valence-corrected chi connectivity index (χ4v) is 5.11. The molecule has 11 heteroatoms. The first kappa shape index (κ1) is 30.3. The Balaban J connectivity index is 1.25. The molecule has 0 unspecified atom stereocenters. The molecule has 3 heterocycles. The highest BCUT2D eigenvalue weighted by Gasteiger charge is 2.19. The number of rotatable bonds is 11. The minimum absolute atomic E-state index is 0.0532. The maximum atomic E-state index is 15.6. The lowest BCUT2D eigenvalue weighted by molar-refractivity contribution is 0.0697. The van der Waals surface area contributed by atoms with Crippen LogP contribution in [0.4, 0.5) is 19.0 Å². The molecular formula is C35H28F3N5O3. The number of hydrogen-bond acceptors (Lipinski definition) is 6. The van der Waals surface area contributed by atoms with Crippen LogP contribution in [0.5, 0.6) is 5.88 Å². The van der Waals surface area contributed by atoms with Gasteiger partial charge >= 0.3 is 5.97 Å². The van der Waals surface area contributed by atoms with Crippen LogP contribution >= 0.6 is 0 Å². The van der Waals surface area contributed by atoms with Crippen molar-refractivity contribution in [2.24, 2.45) is 0 Å². The average Bonchev–Trinajstić information content (AvgIpc) is 3.39. The number of fused-ring (bicyclic) bond motifs is 1. The second kappa shape index (κ2) is 13.1. The zero-order valence-corrected chi connectivity index (χ0v) is 24.7. The first-order chi connectivity index (χ1) is 22.2. The van der Waals surface area contributed by atoms with Gasteiger partial charge in [-0.25, -0.2) is 32.9 Å². The molecule has 0 fully saturated rings. The molecule has 0 bridgehead atoms. The zero-order chi connectivity index (χ0) is 32.2. The van der Waals surface area contributed by atoms with Crippen LogP contribution in [0, 0.1) is 24.4 Å². The number of benzene rings is 3. The molecule has 3 aromatic carbocycles. The molecule has 0 aliphatic rings. The topological polar surface area (TPSA) is 102 Å². The lowest BCUT2D eigenvalue weighted by atomic mass is 10.0. The SMILES string of the molecule is Cc1ccc(COc2cccc(-c3cc(F)c(Cc4nc5ccc(C(=O)O)cc5n4CCNc4ccccn4)cc3F)n2)c(F)c1. The molecule has 6 rings (SSSR count). The number of ether oxygens (including phenoxy) is 1. The van der Waals surface area contributed by atoms with Crippen molar-refractivity contribution in [1.29, 1.82) is 0 Å². The maximum absolute atomic E-state index is 15.6. The molecular weight excluding hydrogens is 595 g/mol. The van der Waals surface area contributed by atoms with Gasteiger partial charge in [-0.2, -0.15) is 0 Å². The van der Waals surface area contributed by atoms with Gasteiger partial charge in [-0.3, -0.25) is 0 Å². The number of aromatic nitrogens is 4. The van der Waals surface area contributed by atoms with E-state index in [0.29, 0.717) is 41.3 Å². The molecule has 0 spiro atoms. The monoisotopic (exact) mass is 623 g/mol. The summed E-state index contributed by atoms with van der Waals surface area (Å²) in [6, 6.07) is 21.7. The van der Waals surface area contributed by atoms with E-state index in [9.17, 15) is 14.3 Å². The maximum Gasteiger partial charge on any atom is 0.335 e. The van der Waals surface area contributed by atoms with Crippen molar-refractivity contribution >= 4 is 22.8 Å². The highest BCUT2D eigenvalue weighted by molar-refractivity contribution is 5.92. The quantitative estimate of drug-likeness (QED) is 0.157. The molecule has 46 heavy (non-hydrogen) atoms. The lowest BCUT2D eigenvalue weighted by Gasteiger charge is -2.13. The number of aryl methyl sites for hydroxylation is 1. The first-order valence-electron chi connectivity index (χ1n) is 14.5. The number of pyridine rings is 2. The minimum atomic E-state index is -1.09. The number of anilines is 1. The Morgan fingerprint density at radius 2 is 1.74 bits per heavy atom. The third-order valence-corrected chi connectivity index (χ3v) is 7.45. The lowest BCUT2D eigenvalue weighted by Crippen LogP contribution is -2.14. The number of carboxylic acid groups (broad SMARTS) is 1. The Labute approximate surface area is 262 Å². The molecule has 232 valence electrons. The molecule has 0 saturated heterocycles. The highest BCUT2D eigenvalue weighted by atomic mass is 19.1. The molecule has 0 atom stereocenters. The van der Waals surface area contributed by atoms with Gasteiger partial charge in [0.25, 0.3) is 0 Å². The second-order valence-corrected chi connectivity index (χ2v) is 10.7. The normalized spacial score (nSPS) is 11.1. The van der Waals surface area contributed by atoms with Crippen LogP contribution in [0.25, 0.3) is 22.3 Å². The third-order valence-electron chi connectivity index (χ3n) is 7.45. The summed E-state index contributed by atoms with van der Waals surface area (Å²) < 4.78 is 52.8. The number of halogens is 3. The minimum Gasteiger partial charge on any atom is -0.478 e. The van der Waals surface area contributed by atoms with Crippen LogP contribution in [-0.4, -0.2) is 37.1 Å². The number of nitrogens with zero attached hydrogens (tertiary/aromatic N) is 4. The molecule has 0 aliphatic carbocycles. The van der Waals surface area contributed by atoms with Crippen LogP contribution < -0.4 is 10.1 Å². The van der Waals surface area contributed by atoms with Crippen molar-refractivity contribution in [3.8, 4) is 17.1 Å². The second-order valence-electron chi connectivity index (χ2n) is 10.7. The van der Waals surface area contributed by atoms with E-state index in [1.165, 1.54) is 24.3 Å². The van der Waals surface area contributed by atoms with Crippen LogP contribution in [0.2, 0.25) is 0 Å². The molecule has 0 amide bonds. The number of aromatic carboxylic acids is 1. The Morgan fingerprint density at radius 1 is 0.891 bits per heavy atom. The first-order valence-corrected chi connectivity index (χ1v) is 14.5. The summed E-state index contributed by atoms with van der Waals surface area (Å²) in [4.78, 5) is 24.9. The zero-order valence-electron chi connectivity index (χ0n) is 24.7. The van der Waals surface area contributed by atoms with Crippen molar-refractivity contribution in [3.63, 3.8) is 0 Å². The number of nitrogens with one attached hydrogen (secondary N) is 1. The van der Waals surface area contributed by atoms with E-state index in [1.54, 1.807) is 54.1 Å². The standard InChI is InChI=1S/C35H28F3N5O3/c1-21-8-9-23(26(36)15-21)20-46-34-7-4-5-29(42-34)25-19-27(37)24(16-28(25)38)18-33-41-30-11-10-22(35(44)45)17-31(30)43(33)14-13-40-32-6-2-3-12-39-32/h2-12,15-17,19H,13-14,18,20H2,1H3,(H,39,40)(H,44,45). The van der Waals surface area contributed by atoms with E-state index in [4.69, 9.17) is 4.74 Å². The van der Waals surface area contributed by atoms with Gasteiger partial charge in [0.2, 0.25) is 5.88 Å². The van der Waals surface area contributed by atoms with Gasteiger partial charge in [0, 0.05) is 42.9 Å². The van der Waals surface area contributed by atoms with Crippen molar-refractivity contribution < 1.29 is 27.8 Å². The number of hydrogen-bond donors (Lipinski definition) is 2. The fraction of sp³-hybridized carbons (Fsp3) is 0.143. The van der Waals surface area contributed by atoms with Gasteiger partial charge in [-0.15, -0.1) is 0 Å². The summed E-state index contributed by atoms with van der Waals surface area (Å²) in [6.45, 7) is 2.48. The summed E-state index contributed by atoms with van der Waals surface area (Å²) in [5, 5.41) is 12.7. The van der Waals surface area contributed by atoms with E-state index in [1.807, 2.05) is 12.1 Å². The van der Waals surface area contributed by atoms with Crippen LogP contribution in [0.3, 0.4) is 0 Å². The highest BCUT2D eigenvalue weighted by Crippen LogP contribution is 2.28. The molecule has 0 aliphatic heterocycles. The summed E-state index contributed by atoms with van der Waals surface area (Å²) in [5.74, 6) is -1.62. The fourth-order valence-electron chi connectivity index (χ4n) is 5.11. The third kappa shape index (κ3) is 6.68. The van der Waals surface area contributed by atoms with E-state index in [2.05, 4.69) is 20.3 Å². The predicted molar refractivity (Wildman–Crippen MR) is 167 cm³/mol. The van der Waals surface area contributed by atoms with Gasteiger partial charge in [-0.05, 0) is 72.6 Å². The van der Waals surface area contributed by atoms with Crippen LogP contribution in [0.15, 0.2) is 91.1 Å². The summed E-state index contributed by atoms with van der Waals surface area (Å²) >= 11 is 0. The van der Waals surface area contributed by atoms with E-state index in [0.717, 1.165) is 17.7 Å². The van der Waals surface area contributed by atoms with Gasteiger partial charge in [0.1, 0.15) is 35.7 Å². The Kier molecular flexibility index (Phi) is 8.64. The molecule has 0 saturated carbocycles. The van der Waals surface area contributed by atoms with Crippen molar-refractivity contribution in [2.45, 2.75) is 26.5 Å². The predicted octanol–water partition coefficient (Wildman–Crippen LogP) is 7.20. The van der Waals surface area contributed by atoms with Gasteiger partial charge in [0.15, 0.2) is 0 Å². The summed E-state index contributed by atoms with van der Waals surface area (Å²) in [6.07, 6.45) is 1.61. The number of imidazole rings is 1. The van der Waals surface area contributed by atoms with E-state index in [-0.39, 0.29) is 41.3 Å². The number of carbonyl (C=O) groups is 1. The van der Waals surface area contributed by atoms with E-state index >= 15 is 8.78 Å². The van der Waals surface area contributed by atoms with E-state index < -0.39 is 23.4 Å². The summed E-state index contributed by atoms with van der Waals surface area (Å²) in [5.41, 5.74) is 2.45. The molecule has 2 N–H and O–H groups in total. The largest absolute Gasteiger partial charge is 0.478 e. The Bertz CT molecular complexity index is 2050.